The van der Waals surface area contributed by atoms with E-state index < -0.39 is 0 Å². The van der Waals surface area contributed by atoms with Crippen LogP contribution in [0.2, 0.25) is 0 Å². The smallest absolute Gasteiger partial charge is 0.0687 e. The lowest BCUT2D eigenvalue weighted by Gasteiger charge is -2.23. The molecule has 0 nitrogen and oxygen atoms in total. The maximum atomic E-state index is 2.37. The Morgan fingerprint density at radius 3 is 0.775 bits per heavy atom. The largest absolute Gasteiger partial charge is 0.241 e. The van der Waals surface area contributed by atoms with E-state index in [0.717, 1.165) is 0 Å². The second-order valence-corrected chi connectivity index (χ2v) is 12.0. The monoisotopic (exact) mass is 518 g/mol. The van der Waals surface area contributed by atoms with Gasteiger partial charge in [-0.2, -0.15) is 0 Å². The van der Waals surface area contributed by atoms with E-state index in [4.69, 9.17) is 0 Å². The van der Waals surface area contributed by atoms with Gasteiger partial charge < -0.3 is 0 Å². The predicted molar refractivity (Wildman–Crippen MR) is 179 cm³/mol. The van der Waals surface area contributed by atoms with Gasteiger partial charge in [-0.3, -0.25) is 0 Å². The third-order valence-corrected chi connectivity index (χ3v) is 8.48. The fourth-order valence-electron chi connectivity index (χ4n) is 6.74. The Balaban J connectivity index is 1.66. The molecule has 0 aromatic heterocycles. The zero-order chi connectivity index (χ0) is 28.6. The molecule has 0 N–H and O–H groups in total. The lowest BCUT2D eigenvalue weighted by molar-refractivity contribution is 1.35. The van der Waals surface area contributed by atoms with Gasteiger partial charge >= 0.3 is 0 Å². The fraction of sp³-hybridized carbons (Fsp3) is 0.211. The molecule has 2 heteroatoms. The van der Waals surface area contributed by atoms with Gasteiger partial charge in [0.15, 0.2) is 0 Å². The van der Waals surface area contributed by atoms with Crippen LogP contribution < -0.4 is 32.8 Å². The molecule has 0 fully saturated rings. The molecule has 0 bridgehead atoms. The molecule has 0 saturated carbocycles. The first-order chi connectivity index (χ1) is 19.1. The van der Waals surface area contributed by atoms with Crippen LogP contribution in [0.3, 0.4) is 0 Å². The first-order valence-corrected chi connectivity index (χ1v) is 14.5. The highest BCUT2D eigenvalue weighted by Crippen LogP contribution is 2.11. The van der Waals surface area contributed by atoms with Crippen LogP contribution >= 0.6 is 0 Å². The molecule has 5 rings (SSSR count). The summed E-state index contributed by atoms with van der Waals surface area (Å²) in [6, 6.07) is 37.0. The van der Waals surface area contributed by atoms with Crippen molar-refractivity contribution >= 4 is 46.2 Å². The Hall–Kier alpha value is -3.77. The summed E-state index contributed by atoms with van der Waals surface area (Å²) in [6.45, 7) is 18.2. The quantitative estimate of drug-likeness (QED) is 0.272. The van der Waals surface area contributed by atoms with E-state index in [-0.39, 0.29) is 13.4 Å². The van der Waals surface area contributed by atoms with Crippen LogP contribution in [-0.4, -0.2) is 13.4 Å². The molecular formula is C38H40B2. The normalized spacial score (nSPS) is 11.0. The molecule has 0 saturated heterocycles. The summed E-state index contributed by atoms with van der Waals surface area (Å²) in [5.41, 5.74) is 18.8. The minimum atomic E-state index is 0.191. The molecule has 0 aliphatic rings. The van der Waals surface area contributed by atoms with Crippen molar-refractivity contribution in [2.45, 2.75) is 55.4 Å². The zero-order valence-electron chi connectivity index (χ0n) is 25.4. The van der Waals surface area contributed by atoms with Crippen molar-refractivity contribution in [3.63, 3.8) is 0 Å². The van der Waals surface area contributed by atoms with Crippen LogP contribution in [0, 0.1) is 55.4 Å². The molecule has 40 heavy (non-hydrogen) atoms. The van der Waals surface area contributed by atoms with E-state index in [1.54, 1.807) is 0 Å². The highest BCUT2D eigenvalue weighted by Gasteiger charge is 2.28. The molecular weight excluding hydrogens is 478 g/mol. The summed E-state index contributed by atoms with van der Waals surface area (Å²) >= 11 is 0. The van der Waals surface area contributed by atoms with Gasteiger partial charge in [0.2, 0.25) is 13.4 Å². The minimum Gasteiger partial charge on any atom is -0.0687 e. The van der Waals surface area contributed by atoms with E-state index >= 15 is 0 Å². The van der Waals surface area contributed by atoms with Gasteiger partial charge in [-0.1, -0.05) is 174 Å². The fourth-order valence-corrected chi connectivity index (χ4v) is 6.74. The highest BCUT2D eigenvalue weighted by molar-refractivity contribution is 6.97. The average Bonchev–Trinajstić information content (AvgIpc) is 2.90. The van der Waals surface area contributed by atoms with Crippen LogP contribution in [0.4, 0.5) is 0 Å². The summed E-state index contributed by atoms with van der Waals surface area (Å²) in [7, 11) is 0. The van der Waals surface area contributed by atoms with Gasteiger partial charge in [0.25, 0.3) is 0 Å². The van der Waals surface area contributed by atoms with E-state index in [9.17, 15) is 0 Å². The standard InChI is InChI=1S/C38H40B2/c1-25-9-13-33(14-10-25)39(37-29(5)21-27(3)22-30(37)6)35-17-19-36(20-18-35)40(34-15-11-26(2)12-16-34)38-31(7)23-28(4)24-32(38)8/h9-24H,1-8H3. The Labute approximate surface area is 242 Å². The summed E-state index contributed by atoms with van der Waals surface area (Å²) < 4.78 is 0. The van der Waals surface area contributed by atoms with Crippen molar-refractivity contribution in [3.8, 4) is 0 Å². The zero-order valence-corrected chi connectivity index (χ0v) is 25.4. The maximum Gasteiger partial charge on any atom is 0.241 e. The molecule has 0 unspecified atom stereocenters. The summed E-state index contributed by atoms with van der Waals surface area (Å²) in [5, 5.41) is 0. The lowest BCUT2D eigenvalue weighted by Crippen LogP contribution is -2.56. The molecule has 0 amide bonds. The van der Waals surface area contributed by atoms with Gasteiger partial charge in [-0.25, -0.2) is 0 Å². The van der Waals surface area contributed by atoms with Crippen molar-refractivity contribution in [3.05, 3.63) is 142 Å². The van der Waals surface area contributed by atoms with Crippen molar-refractivity contribution in [1.29, 1.82) is 0 Å². The van der Waals surface area contributed by atoms with Gasteiger partial charge in [0.1, 0.15) is 0 Å². The van der Waals surface area contributed by atoms with Gasteiger partial charge in [-0.05, 0) is 55.4 Å². The lowest BCUT2D eigenvalue weighted by atomic mass is 9.33. The molecule has 0 spiro atoms. The van der Waals surface area contributed by atoms with Crippen LogP contribution in [0.1, 0.15) is 44.5 Å². The van der Waals surface area contributed by atoms with Crippen LogP contribution in [0.25, 0.3) is 0 Å². The van der Waals surface area contributed by atoms with Crippen LogP contribution in [-0.2, 0) is 0 Å². The first-order valence-electron chi connectivity index (χ1n) is 14.5. The summed E-state index contributed by atoms with van der Waals surface area (Å²) in [6.07, 6.45) is 0. The molecule has 0 aliphatic carbocycles. The Kier molecular flexibility index (Phi) is 7.90. The second kappa shape index (κ2) is 11.4. The average molecular weight is 518 g/mol. The first kappa shape index (κ1) is 27.8. The highest BCUT2D eigenvalue weighted by atomic mass is 14.1. The van der Waals surface area contributed by atoms with E-state index in [2.05, 4.69) is 152 Å². The van der Waals surface area contributed by atoms with Crippen molar-refractivity contribution < 1.29 is 0 Å². The van der Waals surface area contributed by atoms with Gasteiger partial charge in [-0.15, -0.1) is 0 Å². The Morgan fingerprint density at radius 1 is 0.300 bits per heavy atom. The van der Waals surface area contributed by atoms with Gasteiger partial charge in [0.05, 0.1) is 0 Å². The number of rotatable bonds is 6. The van der Waals surface area contributed by atoms with Crippen LogP contribution in [0.5, 0.6) is 0 Å². The topological polar surface area (TPSA) is 0 Å². The number of aryl methyl sites for hydroxylation is 8. The Bertz CT molecular complexity index is 1470. The van der Waals surface area contributed by atoms with Crippen molar-refractivity contribution in [2.24, 2.45) is 0 Å². The maximum absolute atomic E-state index is 2.37. The molecule has 0 radical (unpaired) electrons. The minimum absolute atomic E-state index is 0.191. The molecule has 0 atom stereocenters. The number of benzene rings is 5. The van der Waals surface area contributed by atoms with Crippen LogP contribution in [0.15, 0.2) is 97.1 Å². The SMILES string of the molecule is Cc1ccc(B(c2ccc(B(c3ccc(C)cc3)c3c(C)cc(C)cc3C)cc2)c2c(C)cc(C)cc2C)cc1. The number of hydrogen-bond acceptors (Lipinski definition) is 0. The third-order valence-electron chi connectivity index (χ3n) is 8.48. The van der Waals surface area contributed by atoms with E-state index in [1.807, 2.05) is 0 Å². The van der Waals surface area contributed by atoms with Gasteiger partial charge in [0, 0.05) is 0 Å². The Morgan fingerprint density at radius 2 is 0.525 bits per heavy atom. The number of hydrogen-bond donors (Lipinski definition) is 0. The van der Waals surface area contributed by atoms with Crippen molar-refractivity contribution in [1.82, 2.24) is 0 Å². The van der Waals surface area contributed by atoms with Crippen molar-refractivity contribution in [2.75, 3.05) is 0 Å². The molecule has 5 aromatic rings. The molecule has 0 heterocycles. The molecule has 198 valence electrons. The predicted octanol–water partition coefficient (Wildman–Crippen LogP) is 5.19. The molecule has 0 aliphatic heterocycles. The third kappa shape index (κ3) is 5.59. The van der Waals surface area contributed by atoms with E-state index in [1.165, 1.54) is 77.3 Å². The summed E-state index contributed by atoms with van der Waals surface area (Å²) in [5.74, 6) is 0. The molecule has 5 aromatic carbocycles. The summed E-state index contributed by atoms with van der Waals surface area (Å²) in [4.78, 5) is 0. The van der Waals surface area contributed by atoms with E-state index in [0.29, 0.717) is 0 Å². The second-order valence-electron chi connectivity index (χ2n) is 12.0.